The third-order valence-corrected chi connectivity index (χ3v) is 13.0. The van der Waals surface area contributed by atoms with Gasteiger partial charge in [0.1, 0.15) is 0 Å². The summed E-state index contributed by atoms with van der Waals surface area (Å²) in [5.41, 5.74) is 18.6. The molecule has 0 saturated carbocycles. The molecule has 11 aromatic carbocycles. The zero-order valence-corrected chi connectivity index (χ0v) is 36.3. The molecule has 12 rings (SSSR count). The third-order valence-electron chi connectivity index (χ3n) is 13.0. The molecule has 0 saturated heterocycles. The van der Waals surface area contributed by atoms with Gasteiger partial charge < -0.3 is 9.47 Å². The Labute approximate surface area is 385 Å². The van der Waals surface area contributed by atoms with Crippen molar-refractivity contribution in [3.05, 3.63) is 267 Å². The lowest BCUT2D eigenvalue weighted by atomic mass is 9.96. The highest BCUT2D eigenvalue weighted by Crippen LogP contribution is 2.42. The molecular weight excluding hydrogens is 797 g/mol. The lowest BCUT2D eigenvalue weighted by molar-refractivity contribution is 1.18. The molecule has 0 aliphatic heterocycles. The van der Waals surface area contributed by atoms with Crippen molar-refractivity contribution in [1.82, 2.24) is 4.57 Å². The summed E-state index contributed by atoms with van der Waals surface area (Å²) in [6.07, 6.45) is 0. The molecule has 0 unspecified atom stereocenters. The summed E-state index contributed by atoms with van der Waals surface area (Å²) in [5.74, 6) is 0. The van der Waals surface area contributed by atoms with Crippen LogP contribution in [0.15, 0.2) is 267 Å². The summed E-state index contributed by atoms with van der Waals surface area (Å²) in [6.45, 7) is 0. The predicted molar refractivity (Wildman–Crippen MR) is 280 cm³/mol. The van der Waals surface area contributed by atoms with E-state index in [9.17, 15) is 0 Å². The molecule has 0 bridgehead atoms. The van der Waals surface area contributed by atoms with Crippen LogP contribution in [0.5, 0.6) is 0 Å². The van der Waals surface area contributed by atoms with E-state index in [0.717, 1.165) is 39.4 Å². The van der Waals surface area contributed by atoms with Gasteiger partial charge in [-0.25, -0.2) is 0 Å². The lowest BCUT2D eigenvalue weighted by Gasteiger charge is -2.27. The van der Waals surface area contributed by atoms with Gasteiger partial charge in [0.25, 0.3) is 0 Å². The summed E-state index contributed by atoms with van der Waals surface area (Å²) in [7, 11) is 0. The molecule has 66 heavy (non-hydrogen) atoms. The maximum Gasteiger partial charge on any atom is 0.0541 e. The number of hydrogen-bond donors (Lipinski definition) is 0. The van der Waals surface area contributed by atoms with Crippen molar-refractivity contribution < 1.29 is 0 Å². The average molecular weight is 841 g/mol. The smallest absolute Gasteiger partial charge is 0.0541 e. The van der Waals surface area contributed by atoms with E-state index in [0.29, 0.717) is 0 Å². The number of para-hydroxylation sites is 3. The van der Waals surface area contributed by atoms with Gasteiger partial charge in [-0.15, -0.1) is 0 Å². The van der Waals surface area contributed by atoms with Crippen LogP contribution in [0, 0.1) is 0 Å². The van der Waals surface area contributed by atoms with Crippen molar-refractivity contribution >= 4 is 49.6 Å². The third kappa shape index (κ3) is 7.21. The Morgan fingerprint density at radius 1 is 0.242 bits per heavy atom. The van der Waals surface area contributed by atoms with Crippen molar-refractivity contribution in [1.29, 1.82) is 0 Å². The Kier molecular flexibility index (Phi) is 9.89. The van der Waals surface area contributed by atoms with Crippen LogP contribution in [-0.2, 0) is 0 Å². The molecule has 0 aliphatic rings. The SMILES string of the molecule is c1ccc(-c2cc(-c3ccccc3)cc(N(c3ccc(-c4cccc(-c5ccc6ccccc6c5)c4)cc3)c3ccc(-c4ccccc4-n4c5ccccc5c5ccccc54)cc3)c2)cc1. The normalized spacial score (nSPS) is 11.3. The molecule has 2 nitrogen and oxygen atoms in total. The summed E-state index contributed by atoms with van der Waals surface area (Å²) in [5, 5.41) is 5.01. The number of anilines is 3. The number of benzene rings is 11. The van der Waals surface area contributed by atoms with Crippen molar-refractivity contribution in [3.63, 3.8) is 0 Å². The zero-order chi connectivity index (χ0) is 43.8. The lowest BCUT2D eigenvalue weighted by Crippen LogP contribution is -2.10. The maximum atomic E-state index is 2.42. The van der Waals surface area contributed by atoms with Crippen molar-refractivity contribution in [3.8, 4) is 61.3 Å². The predicted octanol–water partition coefficient (Wildman–Crippen LogP) is 17.7. The first-order valence-corrected chi connectivity index (χ1v) is 22.7. The van der Waals surface area contributed by atoms with Gasteiger partial charge in [0, 0.05) is 33.4 Å². The molecule has 0 fully saturated rings. The van der Waals surface area contributed by atoms with Crippen LogP contribution in [0.3, 0.4) is 0 Å². The second kappa shape index (κ2) is 16.8. The van der Waals surface area contributed by atoms with Gasteiger partial charge in [0.05, 0.1) is 16.7 Å². The van der Waals surface area contributed by atoms with Gasteiger partial charge in [0.15, 0.2) is 0 Å². The number of fused-ring (bicyclic) bond motifs is 4. The highest BCUT2D eigenvalue weighted by atomic mass is 15.1. The number of nitrogens with zero attached hydrogens (tertiary/aromatic N) is 2. The van der Waals surface area contributed by atoms with Crippen LogP contribution in [0.2, 0.25) is 0 Å². The highest BCUT2D eigenvalue weighted by Gasteiger charge is 2.19. The monoisotopic (exact) mass is 840 g/mol. The maximum absolute atomic E-state index is 2.42. The number of aromatic nitrogens is 1. The van der Waals surface area contributed by atoms with E-state index in [1.54, 1.807) is 0 Å². The first-order valence-electron chi connectivity index (χ1n) is 22.7. The Morgan fingerprint density at radius 2 is 0.682 bits per heavy atom. The molecule has 0 atom stereocenters. The summed E-state index contributed by atoms with van der Waals surface area (Å²) >= 11 is 0. The molecule has 0 aliphatic carbocycles. The largest absolute Gasteiger partial charge is 0.310 e. The number of rotatable bonds is 9. The van der Waals surface area contributed by atoms with Crippen molar-refractivity contribution in [2.45, 2.75) is 0 Å². The first-order chi connectivity index (χ1) is 32.7. The minimum absolute atomic E-state index is 1.07. The fraction of sp³-hybridized carbons (Fsp3) is 0. The van der Waals surface area contributed by atoms with Crippen LogP contribution >= 0.6 is 0 Å². The molecule has 1 heterocycles. The minimum atomic E-state index is 1.07. The van der Waals surface area contributed by atoms with Gasteiger partial charge >= 0.3 is 0 Å². The molecular formula is C64H44N2. The van der Waals surface area contributed by atoms with Crippen LogP contribution in [0.4, 0.5) is 17.1 Å². The first kappa shape index (κ1) is 38.9. The van der Waals surface area contributed by atoms with Gasteiger partial charge in [-0.2, -0.15) is 0 Å². The van der Waals surface area contributed by atoms with E-state index in [-0.39, 0.29) is 0 Å². The van der Waals surface area contributed by atoms with E-state index < -0.39 is 0 Å². The van der Waals surface area contributed by atoms with Crippen molar-refractivity contribution in [2.24, 2.45) is 0 Å². The van der Waals surface area contributed by atoms with Gasteiger partial charge in [-0.1, -0.05) is 194 Å². The molecule has 310 valence electrons. The topological polar surface area (TPSA) is 8.17 Å². The van der Waals surface area contributed by atoms with Crippen molar-refractivity contribution in [2.75, 3.05) is 4.90 Å². The van der Waals surface area contributed by atoms with Crippen LogP contribution in [0.25, 0.3) is 93.9 Å². The molecule has 2 heteroatoms. The Morgan fingerprint density at radius 3 is 1.32 bits per heavy atom. The second-order valence-electron chi connectivity index (χ2n) is 17.0. The number of hydrogen-bond acceptors (Lipinski definition) is 1. The minimum Gasteiger partial charge on any atom is -0.310 e. The van der Waals surface area contributed by atoms with Gasteiger partial charge in [0.2, 0.25) is 0 Å². The van der Waals surface area contributed by atoms with E-state index in [1.165, 1.54) is 71.5 Å². The molecule has 0 amide bonds. The Hall–Kier alpha value is -8.72. The van der Waals surface area contributed by atoms with E-state index in [2.05, 4.69) is 276 Å². The summed E-state index contributed by atoms with van der Waals surface area (Å²) in [6, 6.07) is 96.9. The molecule has 0 N–H and O–H groups in total. The van der Waals surface area contributed by atoms with E-state index in [1.807, 2.05) is 0 Å². The standard InChI is InChI=1S/C64H44N2/c1-3-16-45(17-4-1)54-42-55(46-18-5-2-6-19-46)44-58(43-54)65(56-36-32-48(33-37-56)51-22-15-23-52(40-51)53-31-30-47-20-7-8-21-50(47)41-53)57-38-34-49(35-39-57)59-24-9-12-27-62(59)66-63-28-13-10-25-60(63)61-26-11-14-29-64(61)66/h1-44H. The quantitative estimate of drug-likeness (QED) is 0.141. The average Bonchev–Trinajstić information content (AvgIpc) is 3.74. The van der Waals surface area contributed by atoms with E-state index in [4.69, 9.17) is 0 Å². The van der Waals surface area contributed by atoms with Crippen LogP contribution < -0.4 is 4.90 Å². The van der Waals surface area contributed by atoms with Crippen LogP contribution in [0.1, 0.15) is 0 Å². The Bertz CT molecular complexity index is 3570. The summed E-state index contributed by atoms with van der Waals surface area (Å²) < 4.78 is 2.42. The molecule has 0 radical (unpaired) electrons. The van der Waals surface area contributed by atoms with Gasteiger partial charge in [-0.3, -0.25) is 0 Å². The summed E-state index contributed by atoms with van der Waals surface area (Å²) in [4.78, 5) is 2.40. The van der Waals surface area contributed by atoms with E-state index >= 15 is 0 Å². The zero-order valence-electron chi connectivity index (χ0n) is 36.3. The highest BCUT2D eigenvalue weighted by molar-refractivity contribution is 6.09. The fourth-order valence-corrected chi connectivity index (χ4v) is 9.72. The molecule has 1 aromatic heterocycles. The second-order valence-corrected chi connectivity index (χ2v) is 17.0. The van der Waals surface area contributed by atoms with Gasteiger partial charge in [-0.05, 0) is 134 Å². The fourth-order valence-electron chi connectivity index (χ4n) is 9.72. The molecule has 0 spiro atoms. The molecule has 12 aromatic rings. The van der Waals surface area contributed by atoms with Crippen LogP contribution in [-0.4, -0.2) is 4.57 Å². The Balaban J connectivity index is 0.975.